The largest absolute Gasteiger partial charge is 0.479 e. The van der Waals surface area contributed by atoms with Crippen LogP contribution >= 0.6 is 7.67 Å². The molecule has 230 valence electrons. The fourth-order valence-corrected chi connectivity index (χ4v) is 6.04. The molecule has 0 aromatic carbocycles. The van der Waals surface area contributed by atoms with Crippen LogP contribution < -0.4 is 20.6 Å². The van der Waals surface area contributed by atoms with Gasteiger partial charge in [-0.25, -0.2) is 15.2 Å². The number of aromatic nitrogens is 4. The van der Waals surface area contributed by atoms with Crippen molar-refractivity contribution >= 4 is 36.7 Å². The van der Waals surface area contributed by atoms with Crippen molar-refractivity contribution in [1.29, 1.82) is 0 Å². The van der Waals surface area contributed by atoms with E-state index in [-0.39, 0.29) is 30.5 Å². The highest BCUT2D eigenvalue weighted by Gasteiger charge is 2.47. The number of rotatable bonds is 13. The zero-order chi connectivity index (χ0) is 30.7. The fraction of sp³-hybridized carbons (Fsp3) is 0.708. The van der Waals surface area contributed by atoms with Crippen LogP contribution in [0.25, 0.3) is 11.2 Å². The van der Waals surface area contributed by atoms with Gasteiger partial charge in [0.15, 0.2) is 17.4 Å². The Morgan fingerprint density at radius 3 is 2.22 bits per heavy atom. The SMILES string of the molecule is COc1nc(N)nc2c1ncn2[C@@H]1O[C@H](COP(=O)(N[C@@H](C)C(=O)OC(C)C)N[C@@H](C)C(=O)OC(C)C)C[C@@]1(C)O. The van der Waals surface area contributed by atoms with Gasteiger partial charge in [-0.3, -0.25) is 18.7 Å². The quantitative estimate of drug-likeness (QED) is 0.189. The van der Waals surface area contributed by atoms with Crippen molar-refractivity contribution in [2.45, 2.75) is 97.1 Å². The van der Waals surface area contributed by atoms with Gasteiger partial charge in [0, 0.05) is 6.42 Å². The van der Waals surface area contributed by atoms with Crippen LogP contribution in [-0.2, 0) is 32.9 Å². The molecule has 0 bridgehead atoms. The summed E-state index contributed by atoms with van der Waals surface area (Å²) in [6.07, 6.45) is -1.04. The van der Waals surface area contributed by atoms with Crippen molar-refractivity contribution in [2.75, 3.05) is 19.5 Å². The molecule has 5 N–H and O–H groups in total. The molecule has 1 fully saturated rings. The van der Waals surface area contributed by atoms with Crippen LogP contribution in [0, 0.1) is 0 Å². The fourth-order valence-electron chi connectivity index (χ4n) is 4.21. The van der Waals surface area contributed by atoms with Gasteiger partial charge in [-0.1, -0.05) is 0 Å². The average Bonchev–Trinajstić information content (AvgIpc) is 3.40. The molecular formula is C24H40N7O9P. The first-order valence-corrected chi connectivity index (χ1v) is 14.8. The third-order valence-corrected chi connectivity index (χ3v) is 7.89. The second-order valence-electron chi connectivity index (χ2n) is 10.6. The summed E-state index contributed by atoms with van der Waals surface area (Å²) >= 11 is 0. The summed E-state index contributed by atoms with van der Waals surface area (Å²) in [5.74, 6) is -1.21. The van der Waals surface area contributed by atoms with Gasteiger partial charge in [-0.2, -0.15) is 9.97 Å². The number of hydrogen-bond donors (Lipinski definition) is 4. The number of imidazole rings is 1. The van der Waals surface area contributed by atoms with Crippen LogP contribution in [0.15, 0.2) is 6.33 Å². The molecule has 0 radical (unpaired) electrons. The molecule has 17 heteroatoms. The maximum atomic E-state index is 13.9. The number of ether oxygens (including phenoxy) is 4. The van der Waals surface area contributed by atoms with Gasteiger partial charge < -0.3 is 34.3 Å². The molecule has 3 heterocycles. The Morgan fingerprint density at radius 2 is 1.71 bits per heavy atom. The van der Waals surface area contributed by atoms with Gasteiger partial charge in [-0.05, 0) is 48.5 Å². The molecule has 2 aromatic heterocycles. The highest BCUT2D eigenvalue weighted by molar-refractivity contribution is 7.54. The van der Waals surface area contributed by atoms with E-state index in [1.807, 2.05) is 0 Å². The summed E-state index contributed by atoms with van der Waals surface area (Å²) < 4.78 is 42.9. The molecule has 1 aliphatic rings. The number of nitrogens with two attached hydrogens (primary N) is 1. The number of esters is 2. The monoisotopic (exact) mass is 601 g/mol. The van der Waals surface area contributed by atoms with Crippen molar-refractivity contribution < 1.29 is 42.7 Å². The Bertz CT molecular complexity index is 1250. The molecule has 2 aromatic rings. The number of carbonyl (C=O) groups excluding carboxylic acids is 2. The summed E-state index contributed by atoms with van der Waals surface area (Å²) in [7, 11) is -2.67. The van der Waals surface area contributed by atoms with E-state index in [1.54, 1.807) is 34.6 Å². The highest BCUT2D eigenvalue weighted by Crippen LogP contribution is 2.44. The zero-order valence-electron chi connectivity index (χ0n) is 24.5. The molecule has 1 saturated heterocycles. The maximum absolute atomic E-state index is 13.9. The van der Waals surface area contributed by atoms with E-state index in [0.29, 0.717) is 5.52 Å². The summed E-state index contributed by atoms with van der Waals surface area (Å²) in [5, 5.41) is 16.5. The molecule has 0 saturated carbocycles. The molecule has 5 atom stereocenters. The van der Waals surface area contributed by atoms with Gasteiger partial charge in [-0.15, -0.1) is 0 Å². The first-order valence-electron chi connectivity index (χ1n) is 13.2. The summed E-state index contributed by atoms with van der Waals surface area (Å²) in [6, 6.07) is -2.11. The van der Waals surface area contributed by atoms with E-state index in [0.717, 1.165) is 0 Å². The lowest BCUT2D eigenvalue weighted by atomic mass is 10.0. The first-order chi connectivity index (χ1) is 19.0. The van der Waals surface area contributed by atoms with Crippen LogP contribution in [0.2, 0.25) is 0 Å². The molecular weight excluding hydrogens is 561 g/mol. The standard InChI is InChI=1S/C24H40N7O9P/c1-12(2)38-20(32)14(5)29-41(35,30-15(6)21(33)39-13(3)4)37-10-16-9-24(7,34)22(40-16)31-11-26-17-18(31)27-23(25)28-19(17)36-8/h11-16,22,34H,9-10H2,1-8H3,(H2,25,27,28)(H2,29,30,35)/t14-,15-,16-,22+,24+/m0/s1. The van der Waals surface area contributed by atoms with Crippen molar-refractivity contribution in [3.05, 3.63) is 6.33 Å². The molecule has 0 unspecified atom stereocenters. The van der Waals surface area contributed by atoms with Gasteiger partial charge in [0.2, 0.25) is 11.8 Å². The second kappa shape index (κ2) is 13.0. The average molecular weight is 602 g/mol. The Labute approximate surface area is 238 Å². The predicted molar refractivity (Wildman–Crippen MR) is 147 cm³/mol. The zero-order valence-corrected chi connectivity index (χ0v) is 25.4. The minimum atomic E-state index is -4.09. The van der Waals surface area contributed by atoms with Crippen molar-refractivity contribution in [3.63, 3.8) is 0 Å². The Kier molecular flexibility index (Phi) is 10.3. The Morgan fingerprint density at radius 1 is 1.15 bits per heavy atom. The van der Waals surface area contributed by atoms with Crippen molar-refractivity contribution in [3.8, 4) is 5.88 Å². The molecule has 3 rings (SSSR count). The topological polar surface area (TPSA) is 211 Å². The lowest BCUT2D eigenvalue weighted by Gasteiger charge is -2.27. The molecule has 0 spiro atoms. The minimum Gasteiger partial charge on any atom is -0.479 e. The number of nitrogen functional groups attached to an aromatic ring is 1. The number of aliphatic hydroxyl groups is 1. The van der Waals surface area contributed by atoms with E-state index in [9.17, 15) is 19.3 Å². The van der Waals surface area contributed by atoms with Gasteiger partial charge in [0.1, 0.15) is 17.7 Å². The van der Waals surface area contributed by atoms with Crippen LogP contribution in [0.4, 0.5) is 5.95 Å². The number of fused-ring (bicyclic) bond motifs is 1. The van der Waals surface area contributed by atoms with Crippen LogP contribution in [0.3, 0.4) is 0 Å². The second-order valence-corrected chi connectivity index (χ2v) is 12.5. The number of anilines is 1. The third-order valence-electron chi connectivity index (χ3n) is 5.93. The maximum Gasteiger partial charge on any atom is 0.342 e. The minimum absolute atomic E-state index is 0.0538. The van der Waals surface area contributed by atoms with Crippen LogP contribution in [0.1, 0.15) is 61.1 Å². The Hall–Kier alpha value is -2.88. The van der Waals surface area contributed by atoms with E-state index >= 15 is 0 Å². The normalized spacial score (nSPS) is 22.7. The number of nitrogens with one attached hydrogen (secondary N) is 2. The smallest absolute Gasteiger partial charge is 0.342 e. The van der Waals surface area contributed by atoms with E-state index in [4.69, 9.17) is 29.2 Å². The van der Waals surface area contributed by atoms with Gasteiger partial charge in [0.25, 0.3) is 0 Å². The number of carbonyl (C=O) groups is 2. The van der Waals surface area contributed by atoms with Gasteiger partial charge >= 0.3 is 19.6 Å². The molecule has 0 aliphatic carbocycles. The van der Waals surface area contributed by atoms with E-state index < -0.39 is 61.8 Å². The third kappa shape index (κ3) is 8.11. The predicted octanol–water partition coefficient (Wildman–Crippen LogP) is 1.44. The summed E-state index contributed by atoms with van der Waals surface area (Å²) in [5.41, 5.74) is 4.99. The van der Waals surface area contributed by atoms with Crippen molar-refractivity contribution in [1.82, 2.24) is 29.7 Å². The first kappa shape index (κ1) is 32.6. The van der Waals surface area contributed by atoms with Crippen molar-refractivity contribution in [2.24, 2.45) is 0 Å². The number of nitrogens with zero attached hydrogens (tertiary/aromatic N) is 4. The Balaban J connectivity index is 1.79. The van der Waals surface area contributed by atoms with Gasteiger partial charge in [0.05, 0.1) is 38.4 Å². The highest BCUT2D eigenvalue weighted by atomic mass is 31.2. The van der Waals surface area contributed by atoms with E-state index in [2.05, 4.69) is 25.1 Å². The number of methoxy groups -OCH3 is 1. The number of hydrogen-bond acceptors (Lipinski definition) is 13. The van der Waals surface area contributed by atoms with E-state index in [1.165, 1.54) is 31.9 Å². The summed E-state index contributed by atoms with van der Waals surface area (Å²) in [6.45, 7) is 10.9. The lowest BCUT2D eigenvalue weighted by molar-refractivity contribution is -0.149. The molecule has 1 aliphatic heterocycles. The summed E-state index contributed by atoms with van der Waals surface area (Å²) in [4.78, 5) is 37.3. The van der Waals surface area contributed by atoms with Crippen LogP contribution in [0.5, 0.6) is 5.88 Å². The molecule has 16 nitrogen and oxygen atoms in total. The van der Waals surface area contributed by atoms with Crippen LogP contribution in [-0.4, -0.2) is 86.3 Å². The lowest BCUT2D eigenvalue weighted by Crippen LogP contribution is -2.43. The molecule has 41 heavy (non-hydrogen) atoms. The molecule has 0 amide bonds.